The number of aryl methyl sites for hydroxylation is 1. The minimum Gasteiger partial charge on any atom is -0.333 e. The third-order valence-corrected chi connectivity index (χ3v) is 4.89. The fourth-order valence-electron chi connectivity index (χ4n) is 2.70. The van der Waals surface area contributed by atoms with Crippen molar-refractivity contribution in [2.24, 2.45) is 0 Å². The predicted octanol–water partition coefficient (Wildman–Crippen LogP) is 2.66. The first-order chi connectivity index (χ1) is 11.0. The van der Waals surface area contributed by atoms with E-state index in [1.54, 1.807) is 25.2 Å². The van der Waals surface area contributed by atoms with Crippen LogP contribution < -0.4 is 0 Å². The Morgan fingerprint density at radius 1 is 1.52 bits per heavy atom. The minimum atomic E-state index is -0.442. The van der Waals surface area contributed by atoms with Gasteiger partial charge in [0.05, 0.1) is 11.5 Å². The molecule has 0 radical (unpaired) electrons. The molecule has 7 nitrogen and oxygen atoms in total. The Morgan fingerprint density at radius 3 is 2.78 bits per heavy atom. The molecule has 1 amide bonds. The molecule has 0 N–H and O–H groups in total. The number of nitro groups is 1. The fourth-order valence-corrected chi connectivity index (χ4v) is 3.40. The molecule has 0 spiro atoms. The lowest BCUT2D eigenvalue weighted by molar-refractivity contribution is -0.386. The number of thiophene rings is 1. The molecule has 1 saturated carbocycles. The van der Waals surface area contributed by atoms with E-state index in [0.29, 0.717) is 17.9 Å². The summed E-state index contributed by atoms with van der Waals surface area (Å²) in [6, 6.07) is 4.28. The van der Waals surface area contributed by atoms with Crippen LogP contribution in [0.4, 0.5) is 5.69 Å². The van der Waals surface area contributed by atoms with Gasteiger partial charge < -0.3 is 4.90 Å². The first kappa shape index (κ1) is 15.7. The van der Waals surface area contributed by atoms with E-state index in [0.717, 1.165) is 17.7 Å². The molecule has 1 aliphatic rings. The topological polar surface area (TPSA) is 81.3 Å². The summed E-state index contributed by atoms with van der Waals surface area (Å²) in [4.78, 5) is 26.3. The Hall–Kier alpha value is -2.22. The Labute approximate surface area is 137 Å². The molecule has 122 valence electrons. The molecule has 2 aromatic rings. The van der Waals surface area contributed by atoms with E-state index >= 15 is 0 Å². The van der Waals surface area contributed by atoms with Gasteiger partial charge in [-0.05, 0) is 38.1 Å². The van der Waals surface area contributed by atoms with Gasteiger partial charge in [-0.3, -0.25) is 19.6 Å². The molecule has 0 unspecified atom stereocenters. The van der Waals surface area contributed by atoms with Crippen molar-refractivity contribution in [1.82, 2.24) is 14.7 Å². The van der Waals surface area contributed by atoms with Gasteiger partial charge >= 0.3 is 5.69 Å². The van der Waals surface area contributed by atoms with Gasteiger partial charge in [0.25, 0.3) is 0 Å². The molecule has 2 aromatic heterocycles. The van der Waals surface area contributed by atoms with Crippen molar-refractivity contribution >= 4 is 22.9 Å². The van der Waals surface area contributed by atoms with Gasteiger partial charge in [0.2, 0.25) is 5.91 Å². The van der Waals surface area contributed by atoms with E-state index in [1.807, 2.05) is 22.4 Å². The third-order valence-electron chi connectivity index (χ3n) is 4.03. The van der Waals surface area contributed by atoms with Gasteiger partial charge in [-0.25, -0.2) is 0 Å². The minimum absolute atomic E-state index is 0.00553. The number of carbonyl (C=O) groups excluding carboxylic acids is 1. The van der Waals surface area contributed by atoms with Crippen LogP contribution in [-0.2, 0) is 17.9 Å². The maximum absolute atomic E-state index is 12.7. The lowest BCUT2D eigenvalue weighted by Gasteiger charge is -2.22. The second-order valence-electron chi connectivity index (χ2n) is 5.77. The second-order valence-corrected chi connectivity index (χ2v) is 6.80. The molecule has 2 heterocycles. The van der Waals surface area contributed by atoms with Crippen LogP contribution in [0.1, 0.15) is 29.1 Å². The normalized spacial score (nSPS) is 14.0. The average Bonchev–Trinajstić information content (AvgIpc) is 3.11. The molecule has 0 aromatic carbocycles. The zero-order valence-corrected chi connectivity index (χ0v) is 13.9. The quantitative estimate of drug-likeness (QED) is 0.601. The molecule has 0 bridgehead atoms. The lowest BCUT2D eigenvalue weighted by atomic mass is 10.3. The average molecular weight is 334 g/mol. The van der Waals surface area contributed by atoms with Gasteiger partial charge in [0, 0.05) is 10.9 Å². The van der Waals surface area contributed by atoms with Crippen molar-refractivity contribution in [3.8, 4) is 0 Å². The van der Waals surface area contributed by atoms with Crippen molar-refractivity contribution in [3.63, 3.8) is 0 Å². The van der Waals surface area contributed by atoms with E-state index in [1.165, 1.54) is 4.68 Å². The van der Waals surface area contributed by atoms with E-state index in [2.05, 4.69) is 5.10 Å². The Bertz CT molecular complexity index is 734. The molecular weight excluding hydrogens is 316 g/mol. The van der Waals surface area contributed by atoms with E-state index in [9.17, 15) is 14.9 Å². The first-order valence-electron chi connectivity index (χ1n) is 7.47. The molecule has 0 atom stereocenters. The van der Waals surface area contributed by atoms with Crippen LogP contribution in [0.3, 0.4) is 0 Å². The van der Waals surface area contributed by atoms with Gasteiger partial charge in [-0.15, -0.1) is 11.3 Å². The number of amides is 1. The fraction of sp³-hybridized carbons (Fsp3) is 0.467. The predicted molar refractivity (Wildman–Crippen MR) is 86.2 cm³/mol. The van der Waals surface area contributed by atoms with Gasteiger partial charge in [-0.2, -0.15) is 5.10 Å². The number of hydrogen-bond donors (Lipinski definition) is 0. The van der Waals surface area contributed by atoms with Crippen molar-refractivity contribution < 1.29 is 9.72 Å². The summed E-state index contributed by atoms with van der Waals surface area (Å²) in [6.45, 7) is 3.87. The molecule has 8 heteroatoms. The van der Waals surface area contributed by atoms with Crippen molar-refractivity contribution in [2.75, 3.05) is 0 Å². The Balaban J connectivity index is 1.77. The standard InChI is InChI=1S/C15H18N4O3S/c1-10-15(19(21)22)11(2)18(16-10)9-14(20)17(12-5-6-12)8-13-4-3-7-23-13/h3-4,7,12H,5-6,8-9H2,1-2H3. The van der Waals surface area contributed by atoms with Crippen LogP contribution in [0, 0.1) is 24.0 Å². The zero-order valence-electron chi connectivity index (χ0n) is 13.1. The summed E-state index contributed by atoms with van der Waals surface area (Å²) in [6.07, 6.45) is 2.04. The van der Waals surface area contributed by atoms with Crippen molar-refractivity contribution in [1.29, 1.82) is 0 Å². The summed E-state index contributed by atoms with van der Waals surface area (Å²) < 4.78 is 1.44. The summed E-state index contributed by atoms with van der Waals surface area (Å²) in [5, 5.41) is 17.2. The lowest BCUT2D eigenvalue weighted by Crippen LogP contribution is -2.35. The van der Waals surface area contributed by atoms with Crippen LogP contribution in [0.5, 0.6) is 0 Å². The van der Waals surface area contributed by atoms with Crippen LogP contribution in [0.2, 0.25) is 0 Å². The highest BCUT2D eigenvalue weighted by atomic mass is 32.1. The molecule has 3 rings (SSSR count). The van der Waals surface area contributed by atoms with E-state index in [4.69, 9.17) is 0 Å². The smallest absolute Gasteiger partial charge is 0.312 e. The Kier molecular flexibility index (Phi) is 4.16. The molecule has 1 fully saturated rings. The van der Waals surface area contributed by atoms with Crippen molar-refractivity contribution in [3.05, 3.63) is 43.9 Å². The highest BCUT2D eigenvalue weighted by molar-refractivity contribution is 7.09. The van der Waals surface area contributed by atoms with E-state index in [-0.39, 0.29) is 24.2 Å². The summed E-state index contributed by atoms with van der Waals surface area (Å²) in [7, 11) is 0. The number of aromatic nitrogens is 2. The van der Waals surface area contributed by atoms with Gasteiger partial charge in [0.15, 0.2) is 0 Å². The highest BCUT2D eigenvalue weighted by Crippen LogP contribution is 2.30. The summed E-state index contributed by atoms with van der Waals surface area (Å²) >= 11 is 1.63. The third kappa shape index (κ3) is 3.26. The monoisotopic (exact) mass is 334 g/mol. The van der Waals surface area contributed by atoms with Gasteiger partial charge in [0.1, 0.15) is 17.9 Å². The number of carbonyl (C=O) groups is 1. The molecular formula is C15H18N4O3S. The number of hydrogen-bond acceptors (Lipinski definition) is 5. The largest absolute Gasteiger partial charge is 0.333 e. The maximum Gasteiger partial charge on any atom is 0.312 e. The van der Waals surface area contributed by atoms with Crippen LogP contribution in [0.25, 0.3) is 0 Å². The van der Waals surface area contributed by atoms with Crippen LogP contribution in [-0.4, -0.2) is 31.6 Å². The number of rotatable bonds is 6. The summed E-state index contributed by atoms with van der Waals surface area (Å²) in [5.41, 5.74) is 0.762. The van der Waals surface area contributed by atoms with Gasteiger partial charge in [-0.1, -0.05) is 6.07 Å². The molecule has 23 heavy (non-hydrogen) atoms. The first-order valence-corrected chi connectivity index (χ1v) is 8.35. The summed E-state index contributed by atoms with van der Waals surface area (Å²) in [5.74, 6) is -0.0404. The zero-order chi connectivity index (χ0) is 16.6. The number of nitrogens with zero attached hydrogens (tertiary/aromatic N) is 4. The Morgan fingerprint density at radius 2 is 2.26 bits per heavy atom. The maximum atomic E-state index is 12.7. The van der Waals surface area contributed by atoms with Crippen LogP contribution >= 0.6 is 11.3 Å². The van der Waals surface area contributed by atoms with Crippen molar-refractivity contribution in [2.45, 2.75) is 45.8 Å². The molecule has 1 aliphatic carbocycles. The SMILES string of the molecule is Cc1nn(CC(=O)N(Cc2cccs2)C2CC2)c(C)c1[N+](=O)[O-]. The van der Waals surface area contributed by atoms with Crippen LogP contribution in [0.15, 0.2) is 17.5 Å². The highest BCUT2D eigenvalue weighted by Gasteiger charge is 2.33. The molecule has 0 saturated heterocycles. The second kappa shape index (κ2) is 6.11. The molecule has 0 aliphatic heterocycles. The van der Waals surface area contributed by atoms with E-state index < -0.39 is 4.92 Å².